The van der Waals surface area contributed by atoms with Crippen LogP contribution in [0.15, 0.2) is 39.4 Å². The van der Waals surface area contributed by atoms with E-state index in [-0.39, 0.29) is 18.2 Å². The molecule has 0 atom stereocenters. The highest BCUT2D eigenvalue weighted by atomic mass is 35.5. The molecule has 0 bridgehead atoms. The number of aryl methyl sites for hydroxylation is 1. The van der Waals surface area contributed by atoms with Crippen LogP contribution in [0.25, 0.3) is 11.5 Å². The van der Waals surface area contributed by atoms with E-state index in [2.05, 4.69) is 15.6 Å². The summed E-state index contributed by atoms with van der Waals surface area (Å²) in [5.74, 6) is 0.483. The maximum Gasteiger partial charge on any atom is 0.251 e. The van der Waals surface area contributed by atoms with Crippen molar-refractivity contribution in [1.29, 1.82) is 0 Å². The lowest BCUT2D eigenvalue weighted by molar-refractivity contribution is -0.115. The molecule has 29 heavy (non-hydrogen) atoms. The molecule has 9 heteroatoms. The van der Waals surface area contributed by atoms with E-state index >= 15 is 0 Å². The Morgan fingerprint density at radius 1 is 1.31 bits per heavy atom. The normalized spacial score (nSPS) is 10.7. The van der Waals surface area contributed by atoms with Crippen LogP contribution in [0.4, 0.5) is 5.69 Å². The first kappa shape index (κ1) is 21.0. The average Bonchev–Trinajstić information content (AvgIpc) is 3.34. The van der Waals surface area contributed by atoms with Crippen molar-refractivity contribution in [3.63, 3.8) is 0 Å². The number of nitrogens with one attached hydrogen (secondary N) is 2. The van der Waals surface area contributed by atoms with Gasteiger partial charge < -0.3 is 19.8 Å². The average molecular weight is 434 g/mol. The van der Waals surface area contributed by atoms with E-state index in [0.717, 1.165) is 5.56 Å². The number of anilines is 1. The fraction of sp³-hybridized carbons (Fsp3) is 0.250. The van der Waals surface area contributed by atoms with Gasteiger partial charge in [-0.15, -0.1) is 0 Å². The third kappa shape index (κ3) is 5.44. The molecule has 0 saturated heterocycles. The van der Waals surface area contributed by atoms with Gasteiger partial charge in [-0.2, -0.15) is 11.3 Å². The van der Waals surface area contributed by atoms with Crippen molar-refractivity contribution in [3.8, 4) is 11.5 Å². The summed E-state index contributed by atoms with van der Waals surface area (Å²) in [5.41, 5.74) is 2.17. The molecule has 1 aromatic carbocycles. The van der Waals surface area contributed by atoms with Crippen LogP contribution in [0, 0.1) is 6.92 Å². The summed E-state index contributed by atoms with van der Waals surface area (Å²) in [6.07, 6.45) is 0.0278. The summed E-state index contributed by atoms with van der Waals surface area (Å²) in [4.78, 5) is 29.1. The number of nitrogens with zero attached hydrogens (tertiary/aromatic N) is 1. The molecule has 3 rings (SSSR count). The Labute approximate surface area is 177 Å². The van der Waals surface area contributed by atoms with Crippen LogP contribution in [0.2, 0.25) is 5.02 Å². The van der Waals surface area contributed by atoms with Crippen molar-refractivity contribution < 1.29 is 18.7 Å². The topological polar surface area (TPSA) is 93.5 Å². The van der Waals surface area contributed by atoms with Gasteiger partial charge >= 0.3 is 0 Å². The van der Waals surface area contributed by atoms with Gasteiger partial charge in [-0.1, -0.05) is 11.6 Å². The van der Waals surface area contributed by atoms with Crippen LogP contribution >= 0.6 is 22.9 Å². The van der Waals surface area contributed by atoms with Crippen LogP contribution in [0.3, 0.4) is 0 Å². The summed E-state index contributed by atoms with van der Waals surface area (Å²) >= 11 is 7.72. The summed E-state index contributed by atoms with van der Waals surface area (Å²) in [5, 5.41) is 9.66. The van der Waals surface area contributed by atoms with Crippen molar-refractivity contribution in [2.45, 2.75) is 13.3 Å². The maximum atomic E-state index is 12.5. The zero-order valence-corrected chi connectivity index (χ0v) is 17.5. The second-order valence-corrected chi connectivity index (χ2v) is 7.39. The number of hydrogen-bond donors (Lipinski definition) is 2. The first-order chi connectivity index (χ1) is 14.0. The van der Waals surface area contributed by atoms with E-state index in [0.29, 0.717) is 46.8 Å². The van der Waals surface area contributed by atoms with E-state index in [1.165, 1.54) is 6.07 Å². The van der Waals surface area contributed by atoms with Gasteiger partial charge in [-0.3, -0.25) is 9.59 Å². The van der Waals surface area contributed by atoms with Gasteiger partial charge in [0.05, 0.1) is 29.4 Å². The van der Waals surface area contributed by atoms with Crippen molar-refractivity contribution in [1.82, 2.24) is 10.3 Å². The first-order valence-electron chi connectivity index (χ1n) is 8.83. The van der Waals surface area contributed by atoms with Gasteiger partial charge in [0.1, 0.15) is 5.76 Å². The fourth-order valence-corrected chi connectivity index (χ4v) is 3.37. The minimum atomic E-state index is -0.308. The minimum absolute atomic E-state index is 0.0278. The molecule has 2 amide bonds. The van der Waals surface area contributed by atoms with Gasteiger partial charge in [0.15, 0.2) is 0 Å². The van der Waals surface area contributed by atoms with Gasteiger partial charge in [-0.05, 0) is 36.6 Å². The van der Waals surface area contributed by atoms with Crippen molar-refractivity contribution >= 4 is 40.4 Å². The molecule has 3 aromatic rings. The smallest absolute Gasteiger partial charge is 0.251 e. The number of benzene rings is 1. The number of thiophene rings is 1. The van der Waals surface area contributed by atoms with E-state index in [1.54, 1.807) is 37.5 Å². The Balaban J connectivity index is 1.67. The monoisotopic (exact) mass is 433 g/mol. The largest absolute Gasteiger partial charge is 0.441 e. The number of aromatic nitrogens is 1. The Hall–Kier alpha value is -2.68. The van der Waals surface area contributed by atoms with E-state index in [4.69, 9.17) is 20.8 Å². The number of hydrogen-bond acceptors (Lipinski definition) is 6. The fourth-order valence-electron chi connectivity index (χ4n) is 2.58. The molecule has 0 aliphatic rings. The Bertz CT molecular complexity index is 1000. The Morgan fingerprint density at radius 2 is 2.14 bits per heavy atom. The summed E-state index contributed by atoms with van der Waals surface area (Å²) in [6.45, 7) is 2.56. The van der Waals surface area contributed by atoms with Crippen LogP contribution in [-0.4, -0.2) is 37.1 Å². The number of rotatable bonds is 8. The molecule has 2 heterocycles. The predicted molar refractivity (Wildman–Crippen MR) is 113 cm³/mol. The van der Waals surface area contributed by atoms with Crippen LogP contribution < -0.4 is 10.6 Å². The van der Waals surface area contributed by atoms with Crippen molar-refractivity contribution in [2.75, 3.05) is 25.6 Å². The molecule has 2 N–H and O–H groups in total. The summed E-state index contributed by atoms with van der Waals surface area (Å²) in [6, 6.07) is 6.60. The molecule has 0 aliphatic heterocycles. The maximum absolute atomic E-state index is 12.5. The molecule has 152 valence electrons. The predicted octanol–water partition coefficient (Wildman–Crippen LogP) is 3.92. The van der Waals surface area contributed by atoms with Crippen molar-refractivity contribution in [3.05, 3.63) is 57.1 Å². The second kappa shape index (κ2) is 9.69. The molecule has 2 aromatic heterocycles. The van der Waals surface area contributed by atoms with Crippen LogP contribution in [0.1, 0.15) is 21.8 Å². The summed E-state index contributed by atoms with van der Waals surface area (Å²) in [7, 11) is 1.56. The van der Waals surface area contributed by atoms with E-state index in [1.807, 2.05) is 16.8 Å². The SMILES string of the molecule is COCCNC(=O)c1ccc(Cl)c(NC(=O)Cc2nc(-c3ccsc3)oc2C)c1. The highest BCUT2D eigenvalue weighted by molar-refractivity contribution is 7.08. The standard InChI is InChI=1S/C20H20ClN3O4S/c1-12-16(24-20(28-12)14-5-8-29-11-14)10-18(25)23-17-9-13(3-4-15(17)21)19(26)22-6-7-27-2/h3-5,8-9,11H,6-7,10H2,1-2H3,(H,22,26)(H,23,25). The highest BCUT2D eigenvalue weighted by Gasteiger charge is 2.16. The van der Waals surface area contributed by atoms with Crippen LogP contribution in [-0.2, 0) is 16.0 Å². The molecular weight excluding hydrogens is 414 g/mol. The first-order valence-corrected chi connectivity index (χ1v) is 10.2. The molecule has 0 fully saturated rings. The van der Waals surface area contributed by atoms with E-state index < -0.39 is 0 Å². The van der Waals surface area contributed by atoms with Crippen molar-refractivity contribution in [2.24, 2.45) is 0 Å². The quantitative estimate of drug-likeness (QED) is 0.525. The van der Waals surface area contributed by atoms with Gasteiger partial charge in [-0.25, -0.2) is 4.98 Å². The minimum Gasteiger partial charge on any atom is -0.441 e. The number of amides is 2. The van der Waals surface area contributed by atoms with E-state index in [9.17, 15) is 9.59 Å². The number of ether oxygens (including phenoxy) is 1. The number of carbonyl (C=O) groups excluding carboxylic acids is 2. The zero-order valence-electron chi connectivity index (χ0n) is 16.0. The van der Waals surface area contributed by atoms with Gasteiger partial charge in [0, 0.05) is 30.2 Å². The molecule has 0 radical (unpaired) electrons. The molecule has 0 spiro atoms. The number of oxazole rings is 1. The lowest BCUT2D eigenvalue weighted by Gasteiger charge is -2.10. The molecule has 0 unspecified atom stereocenters. The number of halogens is 1. The second-order valence-electron chi connectivity index (χ2n) is 6.20. The van der Waals surface area contributed by atoms with Gasteiger partial charge in [0.25, 0.3) is 5.91 Å². The van der Waals surface area contributed by atoms with Gasteiger partial charge in [0.2, 0.25) is 11.8 Å². The Kier molecular flexibility index (Phi) is 7.03. The molecule has 0 saturated carbocycles. The third-order valence-electron chi connectivity index (χ3n) is 4.08. The highest BCUT2D eigenvalue weighted by Crippen LogP contribution is 2.26. The lowest BCUT2D eigenvalue weighted by Crippen LogP contribution is -2.27. The zero-order chi connectivity index (χ0) is 20.8. The molecule has 0 aliphatic carbocycles. The number of methoxy groups -OCH3 is 1. The summed E-state index contributed by atoms with van der Waals surface area (Å²) < 4.78 is 10.6. The molecule has 7 nitrogen and oxygen atoms in total. The third-order valence-corrected chi connectivity index (χ3v) is 5.10. The van der Waals surface area contributed by atoms with Crippen LogP contribution in [0.5, 0.6) is 0 Å². The number of carbonyl (C=O) groups is 2. The lowest BCUT2D eigenvalue weighted by atomic mass is 10.1. The molecular formula is C20H20ClN3O4S. The Morgan fingerprint density at radius 3 is 2.86 bits per heavy atom.